The van der Waals surface area contributed by atoms with Crippen LogP contribution in [0.4, 0.5) is 0 Å². The summed E-state index contributed by atoms with van der Waals surface area (Å²) in [4.78, 5) is 11.4. The Bertz CT molecular complexity index is 666. The minimum atomic E-state index is -1.29. The Hall–Kier alpha value is -2.64. The first-order chi connectivity index (χ1) is 9.91. The highest BCUT2D eigenvalue weighted by Gasteiger charge is 2.34. The Balaban J connectivity index is 2.59. The normalized spacial score (nSPS) is 11.2. The topological polar surface area (TPSA) is 99.4 Å². The number of nitrogens with zero attached hydrogens (tertiary/aromatic N) is 4. The summed E-state index contributed by atoms with van der Waals surface area (Å²) in [5.74, 6) is 0.379. The van der Waals surface area contributed by atoms with Crippen molar-refractivity contribution in [1.82, 2.24) is 20.2 Å². The maximum absolute atomic E-state index is 11.4. The van der Waals surface area contributed by atoms with Gasteiger partial charge in [0.2, 0.25) is 0 Å². The summed E-state index contributed by atoms with van der Waals surface area (Å²) >= 11 is 0. The van der Waals surface area contributed by atoms with E-state index in [0.29, 0.717) is 22.9 Å². The van der Waals surface area contributed by atoms with Gasteiger partial charge in [-0.25, -0.2) is 9.48 Å². The molecule has 0 aliphatic rings. The van der Waals surface area contributed by atoms with Crippen LogP contribution >= 0.6 is 0 Å². The molecule has 112 valence electrons. The number of carboxylic acids is 1. The van der Waals surface area contributed by atoms with Crippen molar-refractivity contribution < 1.29 is 19.4 Å². The Labute approximate surface area is 121 Å². The number of ether oxygens (including phenoxy) is 2. The largest absolute Gasteiger partial charge is 0.497 e. The van der Waals surface area contributed by atoms with Gasteiger partial charge in [-0.3, -0.25) is 0 Å². The summed E-state index contributed by atoms with van der Waals surface area (Å²) in [6.45, 7) is 3.04. The lowest BCUT2D eigenvalue weighted by molar-refractivity contribution is -0.146. The standard InChI is InChI=1S/C13H16N4O4/c1-13(2,12(18)19)17-11(14-15-16-17)9-6-5-8(20-3)7-10(9)21-4/h5-7H,1-4H3,(H,18,19). The summed E-state index contributed by atoms with van der Waals surface area (Å²) < 4.78 is 11.7. The van der Waals surface area contributed by atoms with Crippen LogP contribution in [0, 0.1) is 0 Å². The van der Waals surface area contributed by atoms with Crippen molar-refractivity contribution in [2.75, 3.05) is 14.2 Å². The molecule has 0 fully saturated rings. The minimum Gasteiger partial charge on any atom is -0.497 e. The summed E-state index contributed by atoms with van der Waals surface area (Å²) in [6, 6.07) is 5.13. The molecule has 1 aromatic heterocycles. The molecule has 1 aromatic carbocycles. The second kappa shape index (κ2) is 5.39. The zero-order chi connectivity index (χ0) is 15.6. The molecule has 8 heteroatoms. The Morgan fingerprint density at radius 1 is 1.29 bits per heavy atom. The van der Waals surface area contributed by atoms with Gasteiger partial charge in [-0.05, 0) is 36.4 Å². The van der Waals surface area contributed by atoms with E-state index in [-0.39, 0.29) is 0 Å². The van der Waals surface area contributed by atoms with Gasteiger partial charge in [0.25, 0.3) is 0 Å². The van der Waals surface area contributed by atoms with Crippen molar-refractivity contribution in [2.24, 2.45) is 0 Å². The Kier molecular flexibility index (Phi) is 3.79. The fraction of sp³-hybridized carbons (Fsp3) is 0.385. The summed E-state index contributed by atoms with van der Waals surface area (Å²) in [5, 5.41) is 20.6. The van der Waals surface area contributed by atoms with E-state index in [1.807, 2.05) is 0 Å². The number of benzene rings is 1. The first-order valence-electron chi connectivity index (χ1n) is 6.16. The van der Waals surface area contributed by atoms with Gasteiger partial charge >= 0.3 is 5.97 Å². The van der Waals surface area contributed by atoms with Crippen molar-refractivity contribution in [3.63, 3.8) is 0 Å². The quantitative estimate of drug-likeness (QED) is 0.883. The van der Waals surface area contributed by atoms with Crippen molar-refractivity contribution >= 4 is 5.97 Å². The molecular formula is C13H16N4O4. The van der Waals surface area contributed by atoms with Gasteiger partial charge in [0.1, 0.15) is 11.5 Å². The number of hydrogen-bond donors (Lipinski definition) is 1. The van der Waals surface area contributed by atoms with Crippen LogP contribution < -0.4 is 9.47 Å². The van der Waals surface area contributed by atoms with Crippen LogP contribution in [-0.2, 0) is 10.3 Å². The molecule has 0 bridgehead atoms. The molecule has 0 saturated carbocycles. The van der Waals surface area contributed by atoms with E-state index in [1.165, 1.54) is 25.6 Å². The van der Waals surface area contributed by atoms with E-state index < -0.39 is 11.5 Å². The predicted octanol–water partition coefficient (Wildman–Crippen LogP) is 1.18. The molecule has 21 heavy (non-hydrogen) atoms. The zero-order valence-electron chi connectivity index (χ0n) is 12.2. The number of tetrazole rings is 1. The van der Waals surface area contributed by atoms with Crippen LogP contribution in [0.3, 0.4) is 0 Å². The van der Waals surface area contributed by atoms with E-state index >= 15 is 0 Å². The summed E-state index contributed by atoms with van der Waals surface area (Å²) in [6.07, 6.45) is 0. The molecule has 0 amide bonds. The van der Waals surface area contributed by atoms with Gasteiger partial charge in [0, 0.05) is 6.07 Å². The van der Waals surface area contributed by atoms with E-state index in [2.05, 4.69) is 15.5 Å². The molecule has 0 aliphatic heterocycles. The van der Waals surface area contributed by atoms with Crippen LogP contribution in [0.5, 0.6) is 11.5 Å². The third-order valence-electron chi connectivity index (χ3n) is 3.17. The van der Waals surface area contributed by atoms with Gasteiger partial charge in [0.15, 0.2) is 11.4 Å². The lowest BCUT2D eigenvalue weighted by Crippen LogP contribution is -2.37. The number of rotatable bonds is 5. The molecule has 0 radical (unpaired) electrons. The van der Waals surface area contributed by atoms with Crippen LogP contribution in [0.2, 0.25) is 0 Å². The Morgan fingerprint density at radius 3 is 2.57 bits per heavy atom. The SMILES string of the molecule is COc1ccc(-c2nnnn2C(C)(C)C(=O)O)c(OC)c1. The first kappa shape index (κ1) is 14.8. The number of carbonyl (C=O) groups is 1. The molecule has 2 aromatic rings. The van der Waals surface area contributed by atoms with Crippen LogP contribution in [0.1, 0.15) is 13.8 Å². The number of aliphatic carboxylic acids is 1. The maximum atomic E-state index is 11.4. The highest BCUT2D eigenvalue weighted by Crippen LogP contribution is 2.33. The third kappa shape index (κ3) is 2.51. The monoisotopic (exact) mass is 292 g/mol. The number of hydrogen-bond acceptors (Lipinski definition) is 6. The second-order valence-corrected chi connectivity index (χ2v) is 4.84. The van der Waals surface area contributed by atoms with Crippen molar-refractivity contribution in [3.8, 4) is 22.9 Å². The molecule has 2 rings (SSSR count). The van der Waals surface area contributed by atoms with Gasteiger partial charge in [-0.15, -0.1) is 5.10 Å². The zero-order valence-corrected chi connectivity index (χ0v) is 12.2. The van der Waals surface area contributed by atoms with E-state index in [9.17, 15) is 9.90 Å². The van der Waals surface area contributed by atoms with Gasteiger partial charge in [0.05, 0.1) is 19.8 Å². The number of carboxylic acid groups (broad SMARTS) is 1. The smallest absolute Gasteiger partial charge is 0.331 e. The molecule has 1 heterocycles. The molecule has 0 atom stereocenters. The van der Waals surface area contributed by atoms with Gasteiger partial charge in [-0.2, -0.15) is 0 Å². The summed E-state index contributed by atoms with van der Waals surface area (Å²) in [7, 11) is 3.06. The van der Waals surface area contributed by atoms with Gasteiger partial charge < -0.3 is 14.6 Å². The van der Waals surface area contributed by atoms with E-state index in [4.69, 9.17) is 9.47 Å². The average molecular weight is 292 g/mol. The molecule has 1 N–H and O–H groups in total. The molecule has 0 saturated heterocycles. The molecule has 0 unspecified atom stereocenters. The summed E-state index contributed by atoms with van der Waals surface area (Å²) in [5.41, 5.74) is -0.707. The highest BCUT2D eigenvalue weighted by atomic mass is 16.5. The second-order valence-electron chi connectivity index (χ2n) is 4.84. The fourth-order valence-corrected chi connectivity index (χ4v) is 1.81. The fourth-order valence-electron chi connectivity index (χ4n) is 1.81. The highest BCUT2D eigenvalue weighted by molar-refractivity contribution is 5.77. The van der Waals surface area contributed by atoms with Crippen LogP contribution in [-0.4, -0.2) is 45.5 Å². The molecule has 0 aliphatic carbocycles. The molecule has 0 spiro atoms. The van der Waals surface area contributed by atoms with Gasteiger partial charge in [-0.1, -0.05) is 0 Å². The van der Waals surface area contributed by atoms with Crippen molar-refractivity contribution in [2.45, 2.75) is 19.4 Å². The van der Waals surface area contributed by atoms with Crippen LogP contribution in [0.15, 0.2) is 18.2 Å². The van der Waals surface area contributed by atoms with Crippen LogP contribution in [0.25, 0.3) is 11.4 Å². The Morgan fingerprint density at radius 2 is 2.00 bits per heavy atom. The van der Waals surface area contributed by atoms with E-state index in [0.717, 1.165) is 0 Å². The predicted molar refractivity (Wildman–Crippen MR) is 73.3 cm³/mol. The third-order valence-corrected chi connectivity index (χ3v) is 3.17. The lowest BCUT2D eigenvalue weighted by Gasteiger charge is -2.21. The number of aromatic nitrogens is 4. The van der Waals surface area contributed by atoms with Crippen molar-refractivity contribution in [1.29, 1.82) is 0 Å². The molecular weight excluding hydrogens is 276 g/mol. The first-order valence-corrected chi connectivity index (χ1v) is 6.16. The lowest BCUT2D eigenvalue weighted by atomic mass is 10.1. The maximum Gasteiger partial charge on any atom is 0.331 e. The van der Waals surface area contributed by atoms with E-state index in [1.54, 1.807) is 25.3 Å². The average Bonchev–Trinajstić information content (AvgIpc) is 2.96. The number of methoxy groups -OCH3 is 2. The van der Waals surface area contributed by atoms with Crippen molar-refractivity contribution in [3.05, 3.63) is 18.2 Å². The minimum absolute atomic E-state index is 0.307. The molecule has 8 nitrogen and oxygen atoms in total.